The van der Waals surface area contributed by atoms with Gasteiger partial charge in [0.05, 0.1) is 15.4 Å². The highest BCUT2D eigenvalue weighted by Gasteiger charge is 2.18. The molecule has 0 radical (unpaired) electrons. The van der Waals surface area contributed by atoms with Gasteiger partial charge in [0.25, 0.3) is 0 Å². The van der Waals surface area contributed by atoms with Gasteiger partial charge < -0.3 is 0 Å². The van der Waals surface area contributed by atoms with E-state index in [1.165, 1.54) is 6.20 Å². The number of hydrogen-bond acceptors (Lipinski definition) is 5. The lowest BCUT2D eigenvalue weighted by atomic mass is 10.0. The van der Waals surface area contributed by atoms with Crippen LogP contribution < -0.4 is 0 Å². The van der Waals surface area contributed by atoms with Crippen molar-refractivity contribution in [2.45, 2.75) is 36.0 Å². The summed E-state index contributed by atoms with van der Waals surface area (Å²) < 4.78 is 27.5. The van der Waals surface area contributed by atoms with Crippen molar-refractivity contribution in [2.24, 2.45) is 0 Å². The highest BCUT2D eigenvalue weighted by molar-refractivity contribution is 7.91. The minimum atomic E-state index is -3.56. The largest absolute Gasteiger partial charge is 0.294 e. The summed E-state index contributed by atoms with van der Waals surface area (Å²) in [6, 6.07) is 13.8. The second kappa shape index (κ2) is 8.20. The molecule has 0 amide bonds. The van der Waals surface area contributed by atoms with Gasteiger partial charge in [-0.05, 0) is 48.2 Å². The van der Waals surface area contributed by atoms with E-state index >= 15 is 0 Å². The van der Waals surface area contributed by atoms with Gasteiger partial charge in [-0.3, -0.25) is 9.20 Å². The Labute approximate surface area is 175 Å². The normalized spacial score (nSPS) is 11.6. The van der Waals surface area contributed by atoms with Crippen LogP contribution in [0.3, 0.4) is 0 Å². The molecule has 6 nitrogen and oxygen atoms in total. The maximum Gasteiger partial charge on any atom is 0.233 e. The molecule has 4 rings (SSSR count). The fourth-order valence-electron chi connectivity index (χ4n) is 3.27. The molecule has 2 aromatic carbocycles. The zero-order valence-electron chi connectivity index (χ0n) is 16.5. The summed E-state index contributed by atoms with van der Waals surface area (Å²) in [6.07, 6.45) is 8.24. The number of ketones is 1. The Morgan fingerprint density at radius 2 is 1.80 bits per heavy atom. The minimum Gasteiger partial charge on any atom is -0.294 e. The van der Waals surface area contributed by atoms with E-state index in [-0.39, 0.29) is 10.7 Å². The van der Waals surface area contributed by atoms with E-state index in [1.807, 2.05) is 13.0 Å². The van der Waals surface area contributed by atoms with Crippen LogP contribution in [-0.4, -0.2) is 28.6 Å². The molecule has 7 heteroatoms. The quantitative estimate of drug-likeness (QED) is 0.424. The molecule has 0 aliphatic rings. The van der Waals surface area contributed by atoms with Crippen LogP contribution in [0.25, 0.3) is 5.78 Å². The number of benzene rings is 2. The number of imidazole rings is 1. The third kappa shape index (κ3) is 4.02. The van der Waals surface area contributed by atoms with Crippen molar-refractivity contribution < 1.29 is 13.2 Å². The fraction of sp³-hybridized carbons (Fsp3) is 0.174. The SMILES string of the molecule is CCc1cccc(S(=O)(=O)c2ccc(CCC(=O)c3cnc4nccn4c3)cc2)c1. The average Bonchev–Trinajstić information content (AvgIpc) is 3.25. The molecule has 0 aliphatic carbocycles. The van der Waals surface area contributed by atoms with Gasteiger partial charge in [0.15, 0.2) is 5.78 Å². The zero-order valence-corrected chi connectivity index (χ0v) is 17.3. The summed E-state index contributed by atoms with van der Waals surface area (Å²) in [5.74, 6) is 0.527. The van der Waals surface area contributed by atoms with Crippen LogP contribution >= 0.6 is 0 Å². The first-order valence-electron chi connectivity index (χ1n) is 9.72. The molecule has 0 saturated carbocycles. The maximum atomic E-state index is 12.9. The van der Waals surface area contributed by atoms with Crippen molar-refractivity contribution in [1.29, 1.82) is 0 Å². The number of carbonyl (C=O) groups excluding carboxylic acids is 1. The van der Waals surface area contributed by atoms with Gasteiger partial charge in [-0.1, -0.05) is 31.2 Å². The lowest BCUT2D eigenvalue weighted by Crippen LogP contribution is -2.05. The number of fused-ring (bicyclic) bond motifs is 1. The second-order valence-electron chi connectivity index (χ2n) is 7.05. The van der Waals surface area contributed by atoms with E-state index < -0.39 is 9.84 Å². The minimum absolute atomic E-state index is 0.0221. The van der Waals surface area contributed by atoms with Crippen molar-refractivity contribution >= 4 is 21.4 Å². The van der Waals surface area contributed by atoms with Crippen LogP contribution in [0, 0.1) is 0 Å². The van der Waals surface area contributed by atoms with Gasteiger partial charge >= 0.3 is 0 Å². The first kappa shape index (κ1) is 20.0. The number of rotatable bonds is 7. The molecule has 0 unspecified atom stereocenters. The number of sulfone groups is 1. The van der Waals surface area contributed by atoms with Gasteiger partial charge in [0, 0.05) is 31.2 Å². The summed E-state index contributed by atoms with van der Waals surface area (Å²) in [5, 5.41) is 0. The zero-order chi connectivity index (χ0) is 21.1. The Bertz CT molecular complexity index is 1310. The molecule has 30 heavy (non-hydrogen) atoms. The molecular weight excluding hydrogens is 398 g/mol. The van der Waals surface area contributed by atoms with E-state index in [0.29, 0.717) is 29.1 Å². The van der Waals surface area contributed by atoms with Gasteiger partial charge in [0.1, 0.15) is 0 Å². The van der Waals surface area contributed by atoms with Crippen LogP contribution in [0.1, 0.15) is 34.8 Å². The maximum absolute atomic E-state index is 12.9. The summed E-state index contributed by atoms with van der Waals surface area (Å²) in [5.41, 5.74) is 2.41. The number of nitrogens with zero attached hydrogens (tertiary/aromatic N) is 3. The standard InChI is InChI=1S/C23H21N3O3S/c1-2-17-4-3-5-21(14-17)30(28,29)20-9-6-18(7-10-20)8-11-22(27)19-15-25-23-24-12-13-26(23)16-19/h3-7,9-10,12-16H,2,8,11H2,1H3. The predicted molar refractivity (Wildman–Crippen MR) is 113 cm³/mol. The average molecular weight is 420 g/mol. The van der Waals surface area contributed by atoms with Gasteiger partial charge in [0.2, 0.25) is 15.6 Å². The van der Waals surface area contributed by atoms with Crippen LogP contribution in [0.2, 0.25) is 0 Å². The molecular formula is C23H21N3O3S. The number of hydrogen-bond donors (Lipinski definition) is 0. The Morgan fingerprint density at radius 3 is 2.57 bits per heavy atom. The van der Waals surface area contributed by atoms with Crippen LogP contribution in [0.4, 0.5) is 0 Å². The number of aromatic nitrogens is 3. The number of aryl methyl sites for hydroxylation is 2. The molecule has 0 spiro atoms. The highest BCUT2D eigenvalue weighted by Crippen LogP contribution is 2.22. The van der Waals surface area contributed by atoms with E-state index in [4.69, 9.17) is 0 Å². The van der Waals surface area contributed by atoms with Crippen LogP contribution in [0.15, 0.2) is 83.1 Å². The third-order valence-corrected chi connectivity index (χ3v) is 6.83. The molecule has 0 bridgehead atoms. The third-order valence-electron chi connectivity index (χ3n) is 5.06. The van der Waals surface area contributed by atoms with Gasteiger partial charge in [-0.15, -0.1) is 0 Å². The van der Waals surface area contributed by atoms with Gasteiger partial charge in [-0.2, -0.15) is 0 Å². The molecule has 2 heterocycles. The van der Waals surface area contributed by atoms with E-state index in [0.717, 1.165) is 17.5 Å². The monoisotopic (exact) mass is 419 g/mol. The van der Waals surface area contributed by atoms with Crippen molar-refractivity contribution in [3.05, 3.63) is 90.0 Å². The molecule has 0 aliphatic heterocycles. The molecule has 152 valence electrons. The van der Waals surface area contributed by atoms with Crippen LogP contribution in [-0.2, 0) is 22.7 Å². The molecule has 4 aromatic rings. The summed E-state index contributed by atoms with van der Waals surface area (Å²) in [4.78, 5) is 21.3. The Morgan fingerprint density at radius 1 is 1.00 bits per heavy atom. The summed E-state index contributed by atoms with van der Waals surface area (Å²) in [7, 11) is -3.56. The Hall–Kier alpha value is -3.32. The van der Waals surface area contributed by atoms with Crippen molar-refractivity contribution in [3.8, 4) is 0 Å². The molecule has 0 saturated heterocycles. The Kier molecular flexibility index (Phi) is 5.46. The van der Waals surface area contributed by atoms with Crippen molar-refractivity contribution in [3.63, 3.8) is 0 Å². The summed E-state index contributed by atoms with van der Waals surface area (Å²) >= 11 is 0. The predicted octanol–water partition coefficient (Wildman–Crippen LogP) is 3.94. The number of Topliss-reactive ketones (excluding diaryl/α,β-unsaturated/α-hetero) is 1. The lowest BCUT2D eigenvalue weighted by Gasteiger charge is -2.08. The fourth-order valence-corrected chi connectivity index (χ4v) is 4.60. The second-order valence-corrected chi connectivity index (χ2v) is 9.00. The summed E-state index contributed by atoms with van der Waals surface area (Å²) in [6.45, 7) is 1.99. The lowest BCUT2D eigenvalue weighted by molar-refractivity contribution is 0.0982. The van der Waals surface area contributed by atoms with E-state index in [9.17, 15) is 13.2 Å². The van der Waals surface area contributed by atoms with E-state index in [2.05, 4.69) is 9.97 Å². The Balaban J connectivity index is 1.46. The van der Waals surface area contributed by atoms with Crippen molar-refractivity contribution in [2.75, 3.05) is 0 Å². The first-order valence-corrected chi connectivity index (χ1v) is 11.2. The molecule has 2 aromatic heterocycles. The van der Waals surface area contributed by atoms with Crippen molar-refractivity contribution in [1.82, 2.24) is 14.4 Å². The highest BCUT2D eigenvalue weighted by atomic mass is 32.2. The topological polar surface area (TPSA) is 81.4 Å². The smallest absolute Gasteiger partial charge is 0.233 e. The van der Waals surface area contributed by atoms with Gasteiger partial charge in [-0.25, -0.2) is 18.4 Å². The van der Waals surface area contributed by atoms with Crippen LogP contribution in [0.5, 0.6) is 0 Å². The molecule has 0 N–H and O–H groups in total. The van der Waals surface area contributed by atoms with E-state index in [1.54, 1.807) is 65.5 Å². The molecule has 0 atom stereocenters. The molecule has 0 fully saturated rings. The number of carbonyl (C=O) groups is 1. The first-order chi connectivity index (χ1) is 14.5.